The van der Waals surface area contributed by atoms with Crippen LogP contribution in [0.15, 0.2) is 0 Å². The van der Waals surface area contributed by atoms with Crippen molar-refractivity contribution < 1.29 is 19.4 Å². The summed E-state index contributed by atoms with van der Waals surface area (Å²) < 4.78 is 5.41. The van der Waals surface area contributed by atoms with Gasteiger partial charge in [0.15, 0.2) is 0 Å². The minimum Gasteiger partial charge on any atom is -0.479 e. The molecule has 116 valence electrons. The smallest absolute Gasteiger partial charge is 0.411 e. The Morgan fingerprint density at radius 3 is 2.35 bits per heavy atom. The fourth-order valence-electron chi connectivity index (χ4n) is 2.99. The molecule has 5 nitrogen and oxygen atoms in total. The zero-order valence-electron chi connectivity index (χ0n) is 13.2. The van der Waals surface area contributed by atoms with E-state index in [1.165, 1.54) is 4.90 Å². The molecule has 0 heterocycles. The van der Waals surface area contributed by atoms with Crippen molar-refractivity contribution in [1.82, 2.24) is 4.90 Å². The van der Waals surface area contributed by atoms with Crippen molar-refractivity contribution in [3.05, 3.63) is 0 Å². The zero-order chi connectivity index (χ0) is 15.6. The van der Waals surface area contributed by atoms with E-state index in [9.17, 15) is 14.7 Å². The van der Waals surface area contributed by atoms with E-state index in [1.54, 1.807) is 20.8 Å². The van der Waals surface area contributed by atoms with Crippen LogP contribution in [0.2, 0.25) is 0 Å². The van der Waals surface area contributed by atoms with Crippen LogP contribution >= 0.6 is 0 Å². The van der Waals surface area contributed by atoms with Gasteiger partial charge in [-0.3, -0.25) is 4.90 Å². The summed E-state index contributed by atoms with van der Waals surface area (Å²) in [6.45, 7) is 9.63. The minimum absolute atomic E-state index is 0.0564. The van der Waals surface area contributed by atoms with Crippen LogP contribution in [-0.4, -0.2) is 39.8 Å². The standard InChI is InChI=1S/C15H27NO4/c1-6-10-16(13(19)20-14(3,4)5)15(12(17)18)9-7-8-11(15)2/h11H,6-10H2,1-5H3,(H,17,18). The van der Waals surface area contributed by atoms with E-state index < -0.39 is 23.2 Å². The van der Waals surface area contributed by atoms with Crippen molar-refractivity contribution in [1.29, 1.82) is 0 Å². The van der Waals surface area contributed by atoms with Gasteiger partial charge in [-0.2, -0.15) is 0 Å². The van der Waals surface area contributed by atoms with Gasteiger partial charge in [-0.05, 0) is 46.0 Å². The van der Waals surface area contributed by atoms with Crippen LogP contribution in [0.3, 0.4) is 0 Å². The molecule has 0 aliphatic heterocycles. The normalized spacial score (nSPS) is 26.4. The predicted octanol–water partition coefficient (Wildman–Crippen LogP) is 3.28. The average Bonchev–Trinajstić information content (AvgIpc) is 2.66. The molecule has 1 aliphatic carbocycles. The summed E-state index contributed by atoms with van der Waals surface area (Å²) >= 11 is 0. The Labute approximate surface area is 121 Å². The third-order valence-electron chi connectivity index (χ3n) is 3.92. The second kappa shape index (κ2) is 6.02. The summed E-state index contributed by atoms with van der Waals surface area (Å²) in [5.74, 6) is -0.971. The fraction of sp³-hybridized carbons (Fsp3) is 0.867. The first kappa shape index (κ1) is 16.8. The van der Waals surface area contributed by atoms with Crippen LogP contribution < -0.4 is 0 Å². The number of ether oxygens (including phenoxy) is 1. The lowest BCUT2D eigenvalue weighted by molar-refractivity contribution is -0.153. The number of carbonyl (C=O) groups excluding carboxylic acids is 1. The monoisotopic (exact) mass is 285 g/mol. The van der Waals surface area contributed by atoms with Gasteiger partial charge in [0.2, 0.25) is 0 Å². The molecule has 1 rings (SSSR count). The second-order valence-electron chi connectivity index (χ2n) is 6.65. The number of carbonyl (C=O) groups is 2. The summed E-state index contributed by atoms with van der Waals surface area (Å²) in [5, 5.41) is 9.73. The lowest BCUT2D eigenvalue weighted by Crippen LogP contribution is -2.59. The summed E-state index contributed by atoms with van der Waals surface area (Å²) in [5.41, 5.74) is -1.73. The maximum atomic E-state index is 12.4. The molecule has 0 saturated heterocycles. The van der Waals surface area contributed by atoms with Gasteiger partial charge in [-0.25, -0.2) is 9.59 Å². The average molecular weight is 285 g/mol. The number of rotatable bonds is 4. The Hall–Kier alpha value is -1.26. The molecule has 5 heteroatoms. The van der Waals surface area contributed by atoms with Gasteiger partial charge in [-0.15, -0.1) is 0 Å². The van der Waals surface area contributed by atoms with Crippen molar-refractivity contribution in [3.8, 4) is 0 Å². The molecule has 2 atom stereocenters. The lowest BCUT2D eigenvalue weighted by atomic mass is 9.86. The molecule has 1 N–H and O–H groups in total. The van der Waals surface area contributed by atoms with Crippen molar-refractivity contribution in [3.63, 3.8) is 0 Å². The highest BCUT2D eigenvalue weighted by Crippen LogP contribution is 2.41. The van der Waals surface area contributed by atoms with E-state index in [-0.39, 0.29) is 5.92 Å². The highest BCUT2D eigenvalue weighted by atomic mass is 16.6. The van der Waals surface area contributed by atoms with Gasteiger partial charge in [0.1, 0.15) is 11.1 Å². The highest BCUT2D eigenvalue weighted by molar-refractivity contribution is 5.85. The maximum Gasteiger partial charge on any atom is 0.411 e. The molecular formula is C15H27NO4. The van der Waals surface area contributed by atoms with Crippen molar-refractivity contribution in [2.24, 2.45) is 5.92 Å². The van der Waals surface area contributed by atoms with Crippen LogP contribution in [0.25, 0.3) is 0 Å². The first-order valence-corrected chi connectivity index (χ1v) is 7.39. The Bertz CT molecular complexity index is 375. The molecular weight excluding hydrogens is 258 g/mol. The molecule has 0 aromatic carbocycles. The number of hydrogen-bond donors (Lipinski definition) is 1. The van der Waals surface area contributed by atoms with Crippen LogP contribution in [0.1, 0.15) is 60.3 Å². The van der Waals surface area contributed by atoms with Crippen molar-refractivity contribution in [2.75, 3.05) is 6.54 Å². The van der Waals surface area contributed by atoms with E-state index >= 15 is 0 Å². The lowest BCUT2D eigenvalue weighted by Gasteiger charge is -2.41. The van der Waals surface area contributed by atoms with E-state index in [0.717, 1.165) is 12.8 Å². The van der Waals surface area contributed by atoms with E-state index in [2.05, 4.69) is 0 Å². The molecule has 0 spiro atoms. The first-order valence-electron chi connectivity index (χ1n) is 7.39. The molecule has 1 saturated carbocycles. The van der Waals surface area contributed by atoms with Crippen LogP contribution in [0.4, 0.5) is 4.79 Å². The van der Waals surface area contributed by atoms with Crippen LogP contribution in [0, 0.1) is 5.92 Å². The third-order valence-corrected chi connectivity index (χ3v) is 3.92. The first-order chi connectivity index (χ1) is 9.15. The summed E-state index contributed by atoms with van der Waals surface area (Å²) in [6.07, 6.45) is 2.35. The van der Waals surface area contributed by atoms with Gasteiger partial charge in [0, 0.05) is 6.54 Å². The number of amides is 1. The van der Waals surface area contributed by atoms with Crippen LogP contribution in [-0.2, 0) is 9.53 Å². The molecule has 1 fully saturated rings. The molecule has 0 aromatic rings. The largest absolute Gasteiger partial charge is 0.479 e. The molecule has 0 radical (unpaired) electrons. The minimum atomic E-state index is -1.11. The van der Waals surface area contributed by atoms with Crippen LogP contribution in [0.5, 0.6) is 0 Å². The Morgan fingerprint density at radius 2 is 2.00 bits per heavy atom. The van der Waals surface area contributed by atoms with E-state index in [1.807, 2.05) is 13.8 Å². The topological polar surface area (TPSA) is 66.8 Å². The van der Waals surface area contributed by atoms with Gasteiger partial charge in [-0.1, -0.05) is 20.3 Å². The van der Waals surface area contributed by atoms with Gasteiger partial charge in [0.05, 0.1) is 0 Å². The van der Waals surface area contributed by atoms with Gasteiger partial charge < -0.3 is 9.84 Å². The molecule has 2 unspecified atom stereocenters. The quantitative estimate of drug-likeness (QED) is 0.860. The molecule has 0 aromatic heterocycles. The SMILES string of the molecule is CCCN(C(=O)OC(C)(C)C)C1(C(=O)O)CCCC1C. The Morgan fingerprint density at radius 1 is 1.40 bits per heavy atom. The van der Waals surface area contributed by atoms with Gasteiger partial charge in [0.25, 0.3) is 0 Å². The zero-order valence-corrected chi connectivity index (χ0v) is 13.2. The summed E-state index contributed by atoms with van der Waals surface area (Å²) in [6, 6.07) is 0. The molecule has 20 heavy (non-hydrogen) atoms. The van der Waals surface area contributed by atoms with E-state index in [0.29, 0.717) is 19.4 Å². The Kier molecular flexibility index (Phi) is 5.05. The molecule has 1 amide bonds. The number of carboxylic acid groups (broad SMARTS) is 1. The highest BCUT2D eigenvalue weighted by Gasteiger charge is 2.54. The van der Waals surface area contributed by atoms with E-state index in [4.69, 9.17) is 4.74 Å². The van der Waals surface area contributed by atoms with Crippen molar-refractivity contribution in [2.45, 2.75) is 71.4 Å². The summed E-state index contributed by atoms with van der Waals surface area (Å²) in [4.78, 5) is 25.7. The summed E-state index contributed by atoms with van der Waals surface area (Å²) in [7, 11) is 0. The maximum absolute atomic E-state index is 12.4. The van der Waals surface area contributed by atoms with Gasteiger partial charge >= 0.3 is 12.1 Å². The number of hydrogen-bond acceptors (Lipinski definition) is 3. The molecule has 1 aliphatic rings. The predicted molar refractivity (Wildman–Crippen MR) is 76.6 cm³/mol. The third kappa shape index (κ3) is 3.25. The second-order valence-corrected chi connectivity index (χ2v) is 6.65. The molecule has 0 bridgehead atoms. The number of nitrogens with zero attached hydrogens (tertiary/aromatic N) is 1. The number of carboxylic acids is 1. The Balaban J connectivity index is 3.10. The van der Waals surface area contributed by atoms with Crippen molar-refractivity contribution >= 4 is 12.1 Å². The number of aliphatic carboxylic acids is 1. The fourth-order valence-corrected chi connectivity index (χ4v) is 2.99.